The smallest absolute Gasteiger partial charge is 0.242 e. The Morgan fingerprint density at radius 1 is 1.27 bits per heavy atom. The number of aromatic nitrogens is 4. The summed E-state index contributed by atoms with van der Waals surface area (Å²) >= 11 is 1.67. The van der Waals surface area contributed by atoms with Crippen molar-refractivity contribution in [2.45, 2.75) is 19.4 Å². The van der Waals surface area contributed by atoms with E-state index < -0.39 is 0 Å². The van der Waals surface area contributed by atoms with E-state index in [2.05, 4.69) is 22.7 Å². The highest BCUT2D eigenvalue weighted by Gasteiger charge is 2.26. The van der Waals surface area contributed by atoms with Crippen molar-refractivity contribution in [3.8, 4) is 11.4 Å². The molecule has 1 aliphatic rings. The van der Waals surface area contributed by atoms with E-state index >= 15 is 0 Å². The maximum absolute atomic E-state index is 12.0. The molecular formula is C18H16N6OS. The molecule has 1 amide bonds. The highest BCUT2D eigenvalue weighted by atomic mass is 32.1. The maximum atomic E-state index is 12.0. The number of para-hydroxylation sites is 1. The molecule has 130 valence electrons. The van der Waals surface area contributed by atoms with Gasteiger partial charge in [-0.3, -0.25) is 4.79 Å². The van der Waals surface area contributed by atoms with E-state index in [1.807, 2.05) is 35.7 Å². The molecule has 7 nitrogen and oxygen atoms in total. The van der Waals surface area contributed by atoms with Crippen LogP contribution in [0.2, 0.25) is 0 Å². The van der Waals surface area contributed by atoms with Crippen LogP contribution < -0.4 is 10.6 Å². The van der Waals surface area contributed by atoms with Gasteiger partial charge in [0.25, 0.3) is 0 Å². The van der Waals surface area contributed by atoms with Crippen LogP contribution >= 0.6 is 11.3 Å². The molecule has 0 bridgehead atoms. The largest absolute Gasteiger partial charge is 0.354 e. The SMILES string of the molecule is Cc1sccc1-c1nc2c3ccccc3nc(N[C@@H]3CCNC3=O)n2n1. The Morgan fingerprint density at radius 2 is 2.15 bits per heavy atom. The van der Waals surface area contributed by atoms with Gasteiger partial charge in [-0.2, -0.15) is 4.52 Å². The molecule has 1 saturated heterocycles. The number of thiophene rings is 1. The second-order valence-corrected chi connectivity index (χ2v) is 7.41. The van der Waals surface area contributed by atoms with E-state index in [1.54, 1.807) is 15.9 Å². The van der Waals surface area contributed by atoms with Gasteiger partial charge in [-0.25, -0.2) is 9.97 Å². The first-order valence-electron chi connectivity index (χ1n) is 8.45. The number of carbonyl (C=O) groups excluding carboxylic acids is 1. The average molecular weight is 364 g/mol. The van der Waals surface area contributed by atoms with Gasteiger partial charge < -0.3 is 10.6 Å². The van der Waals surface area contributed by atoms with Crippen LogP contribution in [0.5, 0.6) is 0 Å². The number of nitrogens with one attached hydrogen (secondary N) is 2. The first-order valence-corrected chi connectivity index (χ1v) is 9.33. The molecular weight excluding hydrogens is 348 g/mol. The van der Waals surface area contributed by atoms with Crippen LogP contribution in [0.15, 0.2) is 35.7 Å². The van der Waals surface area contributed by atoms with Gasteiger partial charge in [0.1, 0.15) is 6.04 Å². The molecule has 5 rings (SSSR count). The Hall–Kier alpha value is -3.00. The minimum Gasteiger partial charge on any atom is -0.354 e. The van der Waals surface area contributed by atoms with Gasteiger partial charge >= 0.3 is 0 Å². The summed E-state index contributed by atoms with van der Waals surface area (Å²) in [6.07, 6.45) is 0.722. The van der Waals surface area contributed by atoms with Crippen molar-refractivity contribution in [3.05, 3.63) is 40.6 Å². The molecule has 1 atom stereocenters. The van der Waals surface area contributed by atoms with Crippen molar-refractivity contribution in [2.24, 2.45) is 0 Å². The van der Waals surface area contributed by atoms with Gasteiger partial charge in [0.05, 0.1) is 5.52 Å². The molecule has 4 heterocycles. The monoisotopic (exact) mass is 364 g/mol. The number of hydrogen-bond acceptors (Lipinski definition) is 6. The van der Waals surface area contributed by atoms with Gasteiger partial charge in [0.15, 0.2) is 11.5 Å². The van der Waals surface area contributed by atoms with E-state index in [4.69, 9.17) is 9.97 Å². The molecule has 4 aromatic rings. The fourth-order valence-electron chi connectivity index (χ4n) is 3.27. The maximum Gasteiger partial charge on any atom is 0.242 e. The third-order valence-corrected chi connectivity index (χ3v) is 5.48. The first-order chi connectivity index (χ1) is 12.7. The third kappa shape index (κ3) is 2.33. The molecule has 0 saturated carbocycles. The van der Waals surface area contributed by atoms with Crippen molar-refractivity contribution in [1.29, 1.82) is 0 Å². The zero-order valence-electron chi connectivity index (χ0n) is 14.1. The van der Waals surface area contributed by atoms with Crippen LogP contribution in [0.1, 0.15) is 11.3 Å². The Morgan fingerprint density at radius 3 is 2.92 bits per heavy atom. The second kappa shape index (κ2) is 5.77. The van der Waals surface area contributed by atoms with Crippen LogP contribution in [0.3, 0.4) is 0 Å². The Bertz CT molecular complexity index is 1150. The number of benzene rings is 1. The van der Waals surface area contributed by atoms with Gasteiger partial charge in [-0.1, -0.05) is 12.1 Å². The zero-order valence-corrected chi connectivity index (χ0v) is 14.9. The number of amides is 1. The Kier molecular flexibility index (Phi) is 3.39. The fourth-order valence-corrected chi connectivity index (χ4v) is 3.96. The van der Waals surface area contributed by atoms with Crippen LogP contribution in [-0.2, 0) is 4.79 Å². The first kappa shape index (κ1) is 15.3. The van der Waals surface area contributed by atoms with E-state index in [0.29, 0.717) is 18.3 Å². The molecule has 0 radical (unpaired) electrons. The van der Waals surface area contributed by atoms with Crippen molar-refractivity contribution in [2.75, 3.05) is 11.9 Å². The topological polar surface area (TPSA) is 84.2 Å². The lowest BCUT2D eigenvalue weighted by atomic mass is 10.2. The standard InChI is InChI=1S/C18H16N6OS/c1-10-11(7-9-26-10)15-22-16-12-4-2-3-5-13(12)20-18(24(16)23-15)21-14-6-8-19-17(14)25/h2-5,7,9,14H,6,8H2,1H3,(H,19,25)(H,20,21)/t14-/m1/s1. The second-order valence-electron chi connectivity index (χ2n) is 6.29. The van der Waals surface area contributed by atoms with E-state index in [-0.39, 0.29) is 11.9 Å². The van der Waals surface area contributed by atoms with Crippen molar-refractivity contribution < 1.29 is 4.79 Å². The molecule has 1 fully saturated rings. The predicted octanol–water partition coefficient (Wildman–Crippen LogP) is 2.61. The van der Waals surface area contributed by atoms with E-state index in [1.165, 1.54) is 4.88 Å². The minimum atomic E-state index is -0.303. The Balaban J connectivity index is 1.73. The number of anilines is 1. The molecule has 2 N–H and O–H groups in total. The van der Waals surface area contributed by atoms with Crippen LogP contribution in [-0.4, -0.2) is 38.1 Å². The summed E-state index contributed by atoms with van der Waals surface area (Å²) < 4.78 is 1.71. The lowest BCUT2D eigenvalue weighted by Gasteiger charge is -2.12. The summed E-state index contributed by atoms with van der Waals surface area (Å²) in [5.41, 5.74) is 2.58. The van der Waals surface area contributed by atoms with Crippen molar-refractivity contribution in [1.82, 2.24) is 24.9 Å². The molecule has 3 aromatic heterocycles. The molecule has 1 aliphatic heterocycles. The van der Waals surface area contributed by atoms with Crippen molar-refractivity contribution >= 4 is 39.7 Å². The lowest BCUT2D eigenvalue weighted by Crippen LogP contribution is -2.30. The highest BCUT2D eigenvalue weighted by molar-refractivity contribution is 7.10. The summed E-state index contributed by atoms with van der Waals surface area (Å²) in [5, 5.41) is 13.7. The van der Waals surface area contributed by atoms with Crippen LogP contribution in [0.4, 0.5) is 5.95 Å². The zero-order chi connectivity index (χ0) is 17.7. The number of hydrogen-bond donors (Lipinski definition) is 2. The minimum absolute atomic E-state index is 0.0119. The normalized spacial score (nSPS) is 17.1. The number of nitrogens with zero attached hydrogens (tertiary/aromatic N) is 4. The number of fused-ring (bicyclic) bond motifs is 3. The Labute approximate surface area is 153 Å². The summed E-state index contributed by atoms with van der Waals surface area (Å²) in [5.74, 6) is 1.19. The average Bonchev–Trinajstić information content (AvgIpc) is 3.35. The molecule has 0 spiro atoms. The molecule has 1 aromatic carbocycles. The summed E-state index contributed by atoms with van der Waals surface area (Å²) in [6, 6.07) is 9.57. The molecule has 0 aliphatic carbocycles. The molecule has 8 heteroatoms. The lowest BCUT2D eigenvalue weighted by molar-refractivity contribution is -0.119. The predicted molar refractivity (Wildman–Crippen MR) is 101 cm³/mol. The van der Waals surface area contributed by atoms with E-state index in [0.717, 1.165) is 28.5 Å². The summed E-state index contributed by atoms with van der Waals surface area (Å²) in [6.45, 7) is 2.73. The number of rotatable bonds is 3. The van der Waals surface area contributed by atoms with E-state index in [9.17, 15) is 4.79 Å². The van der Waals surface area contributed by atoms with Crippen molar-refractivity contribution in [3.63, 3.8) is 0 Å². The molecule has 26 heavy (non-hydrogen) atoms. The van der Waals surface area contributed by atoms with Crippen LogP contribution in [0.25, 0.3) is 27.9 Å². The molecule has 0 unspecified atom stereocenters. The number of aryl methyl sites for hydroxylation is 1. The number of carbonyl (C=O) groups is 1. The highest BCUT2D eigenvalue weighted by Crippen LogP contribution is 2.28. The van der Waals surface area contributed by atoms with Gasteiger partial charge in [0.2, 0.25) is 11.9 Å². The fraction of sp³-hybridized carbons (Fsp3) is 0.222. The van der Waals surface area contributed by atoms with Gasteiger partial charge in [-0.15, -0.1) is 16.4 Å². The third-order valence-electron chi connectivity index (χ3n) is 4.63. The summed E-state index contributed by atoms with van der Waals surface area (Å²) in [7, 11) is 0. The van der Waals surface area contributed by atoms with Gasteiger partial charge in [-0.05, 0) is 36.9 Å². The van der Waals surface area contributed by atoms with Gasteiger partial charge in [0, 0.05) is 22.4 Å². The van der Waals surface area contributed by atoms with Crippen LogP contribution in [0, 0.1) is 6.92 Å². The summed E-state index contributed by atoms with van der Waals surface area (Å²) in [4.78, 5) is 22.6. The quantitative estimate of drug-likeness (QED) is 0.584.